The molecule has 0 spiro atoms. The van der Waals surface area contributed by atoms with Crippen LogP contribution in [0.15, 0.2) is 49.3 Å². The molecule has 3 rings (SSSR count). The minimum Gasteiger partial charge on any atom is -0.331 e. The highest BCUT2D eigenvalue weighted by molar-refractivity contribution is 6.30. The summed E-state index contributed by atoms with van der Waals surface area (Å²) < 4.78 is 2.07. The van der Waals surface area contributed by atoms with Gasteiger partial charge in [0.1, 0.15) is 5.82 Å². The Kier molecular flexibility index (Phi) is 5.92. The fraction of sp³-hybridized carbons (Fsp3) is 0.400. The lowest BCUT2D eigenvalue weighted by Crippen LogP contribution is -2.35. The molecule has 1 aliphatic rings. The van der Waals surface area contributed by atoms with Gasteiger partial charge in [0.15, 0.2) is 0 Å². The van der Waals surface area contributed by atoms with Crippen molar-refractivity contribution in [2.45, 2.75) is 38.8 Å². The van der Waals surface area contributed by atoms with Crippen molar-refractivity contribution in [3.63, 3.8) is 0 Å². The van der Waals surface area contributed by atoms with Gasteiger partial charge in [-0.25, -0.2) is 4.98 Å². The van der Waals surface area contributed by atoms with Crippen LogP contribution in [0.2, 0.25) is 5.02 Å². The Labute approximate surface area is 154 Å². The second-order valence-electron chi connectivity index (χ2n) is 6.59. The van der Waals surface area contributed by atoms with Gasteiger partial charge in [0.05, 0.1) is 6.54 Å². The smallest absolute Gasteiger partial charge is 0.226 e. The minimum absolute atomic E-state index is 0.163. The van der Waals surface area contributed by atoms with E-state index in [1.54, 1.807) is 12.3 Å². The van der Waals surface area contributed by atoms with Gasteiger partial charge in [0.2, 0.25) is 5.91 Å². The number of carbonyl (C=O) groups excluding carboxylic acids is 1. The average molecular weight is 358 g/mol. The molecule has 2 aromatic rings. The Bertz CT molecular complexity index is 734. The van der Waals surface area contributed by atoms with Crippen molar-refractivity contribution in [1.82, 2.24) is 14.5 Å². The summed E-state index contributed by atoms with van der Waals surface area (Å²) in [5, 5.41) is 0.726. The van der Waals surface area contributed by atoms with E-state index in [0.717, 1.165) is 42.1 Å². The van der Waals surface area contributed by atoms with E-state index >= 15 is 0 Å². The number of aromatic nitrogens is 2. The molecule has 0 saturated heterocycles. The fourth-order valence-corrected chi connectivity index (χ4v) is 3.67. The topological polar surface area (TPSA) is 38.1 Å². The molecule has 1 fully saturated rings. The van der Waals surface area contributed by atoms with E-state index in [1.807, 2.05) is 35.4 Å². The summed E-state index contributed by atoms with van der Waals surface area (Å²) >= 11 is 6.08. The Morgan fingerprint density at radius 3 is 2.92 bits per heavy atom. The quantitative estimate of drug-likeness (QED) is 0.693. The Morgan fingerprint density at radius 1 is 1.40 bits per heavy atom. The molecule has 1 heterocycles. The van der Waals surface area contributed by atoms with Crippen LogP contribution in [0, 0.1) is 5.92 Å². The predicted molar refractivity (Wildman–Crippen MR) is 100 cm³/mol. The van der Waals surface area contributed by atoms with E-state index in [1.165, 1.54) is 0 Å². The van der Waals surface area contributed by atoms with Crippen LogP contribution in [-0.4, -0.2) is 26.9 Å². The average Bonchev–Trinajstić information content (AvgIpc) is 3.26. The monoisotopic (exact) mass is 357 g/mol. The second kappa shape index (κ2) is 8.34. The van der Waals surface area contributed by atoms with Gasteiger partial charge in [-0.1, -0.05) is 42.7 Å². The molecule has 1 aliphatic carbocycles. The first-order valence-corrected chi connectivity index (χ1v) is 9.19. The summed E-state index contributed by atoms with van der Waals surface area (Å²) in [6.45, 7) is 5.56. The van der Waals surface area contributed by atoms with Crippen LogP contribution in [0.1, 0.15) is 37.1 Å². The lowest BCUT2D eigenvalue weighted by molar-refractivity contribution is -0.135. The van der Waals surface area contributed by atoms with Crippen LogP contribution in [0.4, 0.5) is 0 Å². The highest BCUT2D eigenvalue weighted by atomic mass is 35.5. The summed E-state index contributed by atoms with van der Waals surface area (Å²) in [7, 11) is 0. The third-order valence-corrected chi connectivity index (χ3v) is 4.98. The Hall–Kier alpha value is -2.07. The number of halogens is 1. The van der Waals surface area contributed by atoms with Gasteiger partial charge in [-0.05, 0) is 30.5 Å². The highest BCUT2D eigenvalue weighted by Crippen LogP contribution is 2.27. The molecule has 0 aliphatic heterocycles. The Balaban J connectivity index is 1.73. The van der Waals surface area contributed by atoms with Gasteiger partial charge < -0.3 is 9.47 Å². The molecular weight excluding hydrogens is 334 g/mol. The summed E-state index contributed by atoms with van der Waals surface area (Å²) in [5.41, 5.74) is 1.11. The molecule has 0 unspecified atom stereocenters. The predicted octanol–water partition coefficient (Wildman–Crippen LogP) is 4.29. The van der Waals surface area contributed by atoms with Crippen LogP contribution < -0.4 is 0 Å². The molecule has 25 heavy (non-hydrogen) atoms. The molecule has 1 amide bonds. The van der Waals surface area contributed by atoms with Crippen LogP contribution in [0.25, 0.3) is 0 Å². The van der Waals surface area contributed by atoms with Crippen molar-refractivity contribution in [3.8, 4) is 0 Å². The molecule has 1 aromatic heterocycles. The van der Waals surface area contributed by atoms with E-state index in [4.69, 9.17) is 11.6 Å². The number of hydrogen-bond acceptors (Lipinski definition) is 2. The lowest BCUT2D eigenvalue weighted by Gasteiger charge is -2.24. The molecule has 0 N–H and O–H groups in total. The minimum atomic E-state index is 0.163. The van der Waals surface area contributed by atoms with E-state index in [-0.39, 0.29) is 11.8 Å². The maximum Gasteiger partial charge on any atom is 0.226 e. The van der Waals surface area contributed by atoms with Gasteiger partial charge >= 0.3 is 0 Å². The van der Waals surface area contributed by atoms with E-state index in [0.29, 0.717) is 19.6 Å². The van der Waals surface area contributed by atoms with Crippen molar-refractivity contribution in [2.75, 3.05) is 6.54 Å². The van der Waals surface area contributed by atoms with Crippen LogP contribution in [0.3, 0.4) is 0 Å². The molecular formula is C20H24ClN3O. The molecule has 132 valence electrons. The van der Waals surface area contributed by atoms with Gasteiger partial charge in [-0.3, -0.25) is 4.79 Å². The molecule has 0 radical (unpaired) electrons. The largest absolute Gasteiger partial charge is 0.331 e. The standard InChI is InChI=1S/C20H24ClN3O/c1-2-11-24(20(25)17-7-3-4-8-17)15-19-22-10-12-23(19)14-16-6-5-9-18(21)13-16/h2,5-6,9-10,12-13,17H,1,3-4,7-8,11,14-15H2. The summed E-state index contributed by atoms with van der Waals surface area (Å²) in [6.07, 6.45) is 9.84. The number of nitrogens with zero attached hydrogens (tertiary/aromatic N) is 3. The van der Waals surface area contributed by atoms with Gasteiger partial charge in [0.25, 0.3) is 0 Å². The first-order valence-electron chi connectivity index (χ1n) is 8.81. The number of carbonyl (C=O) groups is 1. The number of amides is 1. The van der Waals surface area contributed by atoms with Crippen LogP contribution in [0.5, 0.6) is 0 Å². The highest BCUT2D eigenvalue weighted by Gasteiger charge is 2.27. The van der Waals surface area contributed by atoms with Crippen molar-refractivity contribution in [2.24, 2.45) is 5.92 Å². The zero-order valence-electron chi connectivity index (χ0n) is 14.4. The van der Waals surface area contributed by atoms with Crippen LogP contribution in [-0.2, 0) is 17.9 Å². The third-order valence-electron chi connectivity index (χ3n) is 4.74. The van der Waals surface area contributed by atoms with Crippen molar-refractivity contribution >= 4 is 17.5 Å². The SMILES string of the molecule is C=CCN(Cc1nccn1Cc1cccc(Cl)c1)C(=O)C1CCCC1. The van der Waals surface area contributed by atoms with Crippen molar-refractivity contribution < 1.29 is 4.79 Å². The number of imidazole rings is 1. The summed E-state index contributed by atoms with van der Waals surface area (Å²) in [6, 6.07) is 7.81. The van der Waals surface area contributed by atoms with E-state index in [9.17, 15) is 4.79 Å². The zero-order chi connectivity index (χ0) is 17.6. The second-order valence-corrected chi connectivity index (χ2v) is 7.03. The Morgan fingerprint density at radius 2 is 2.20 bits per heavy atom. The van der Waals surface area contributed by atoms with E-state index < -0.39 is 0 Å². The number of benzene rings is 1. The molecule has 0 atom stereocenters. The number of hydrogen-bond donors (Lipinski definition) is 0. The van der Waals surface area contributed by atoms with E-state index in [2.05, 4.69) is 16.1 Å². The van der Waals surface area contributed by atoms with Gasteiger partial charge in [0, 0.05) is 36.4 Å². The first-order chi connectivity index (χ1) is 12.2. The first kappa shape index (κ1) is 17.7. The van der Waals surface area contributed by atoms with Crippen molar-refractivity contribution in [3.05, 3.63) is 65.7 Å². The molecule has 4 nitrogen and oxygen atoms in total. The normalized spacial score (nSPS) is 14.6. The maximum atomic E-state index is 12.8. The lowest BCUT2D eigenvalue weighted by atomic mass is 10.1. The maximum absolute atomic E-state index is 12.8. The number of rotatable bonds is 7. The van der Waals surface area contributed by atoms with Crippen molar-refractivity contribution in [1.29, 1.82) is 0 Å². The molecule has 1 aromatic carbocycles. The fourth-order valence-electron chi connectivity index (χ4n) is 3.46. The van der Waals surface area contributed by atoms with Crippen LogP contribution >= 0.6 is 11.6 Å². The van der Waals surface area contributed by atoms with Gasteiger partial charge in [-0.2, -0.15) is 0 Å². The molecule has 5 heteroatoms. The molecule has 1 saturated carbocycles. The summed E-state index contributed by atoms with van der Waals surface area (Å²) in [5.74, 6) is 1.28. The zero-order valence-corrected chi connectivity index (χ0v) is 15.2. The third kappa shape index (κ3) is 4.51. The molecule has 0 bridgehead atoms. The summed E-state index contributed by atoms with van der Waals surface area (Å²) in [4.78, 5) is 19.1. The van der Waals surface area contributed by atoms with Gasteiger partial charge in [-0.15, -0.1) is 6.58 Å².